The number of esters is 1. The van der Waals surface area contributed by atoms with Crippen LogP contribution in [-0.2, 0) is 14.8 Å². The van der Waals surface area contributed by atoms with Gasteiger partial charge in [0.1, 0.15) is 13.2 Å². The number of hydrogen-bond acceptors (Lipinski definition) is 5. The molecule has 0 aliphatic heterocycles. The van der Waals surface area contributed by atoms with Crippen molar-refractivity contribution < 1.29 is 27.1 Å². The van der Waals surface area contributed by atoms with E-state index < -0.39 is 21.8 Å². The molecule has 0 fully saturated rings. The molecule has 0 atom stereocenters. The summed E-state index contributed by atoms with van der Waals surface area (Å²) in [5, 5.41) is 0. The third kappa shape index (κ3) is 5.27. The van der Waals surface area contributed by atoms with Crippen molar-refractivity contribution in [2.24, 2.45) is 0 Å². The van der Waals surface area contributed by atoms with Gasteiger partial charge in [0.2, 0.25) is 10.0 Å². The Morgan fingerprint density at radius 2 is 1.63 bits per heavy atom. The van der Waals surface area contributed by atoms with Crippen molar-refractivity contribution in [3.8, 4) is 5.75 Å². The Labute approximate surface area is 158 Å². The lowest BCUT2D eigenvalue weighted by Gasteiger charge is -2.18. The topological polar surface area (TPSA) is 72.9 Å². The fourth-order valence-corrected chi connectivity index (χ4v) is 3.86. The minimum atomic E-state index is -3.57. The molecule has 6 nitrogen and oxygen atoms in total. The molecule has 27 heavy (non-hydrogen) atoms. The maximum absolute atomic E-state index is 13.4. The third-order valence-electron chi connectivity index (χ3n) is 3.84. The minimum absolute atomic E-state index is 0.00109. The van der Waals surface area contributed by atoms with E-state index in [2.05, 4.69) is 0 Å². The molecule has 0 heterocycles. The fourth-order valence-electron chi connectivity index (χ4n) is 2.41. The maximum Gasteiger partial charge on any atom is 0.338 e. The van der Waals surface area contributed by atoms with Gasteiger partial charge in [-0.3, -0.25) is 0 Å². The van der Waals surface area contributed by atoms with Gasteiger partial charge in [-0.15, -0.1) is 0 Å². The number of para-hydroxylation sites is 1. The average molecular weight is 395 g/mol. The predicted octanol–water partition coefficient (Wildman–Crippen LogP) is 3.09. The molecule has 0 saturated heterocycles. The van der Waals surface area contributed by atoms with Gasteiger partial charge in [0.15, 0.2) is 11.6 Å². The minimum Gasteiger partial charge on any atom is -0.487 e. The zero-order chi connectivity index (χ0) is 19.9. The summed E-state index contributed by atoms with van der Waals surface area (Å²) in [5.41, 5.74) is 0.222. The molecule has 0 spiro atoms. The van der Waals surface area contributed by atoms with Crippen molar-refractivity contribution in [3.05, 3.63) is 59.9 Å². The lowest BCUT2D eigenvalue weighted by Crippen LogP contribution is -2.30. The monoisotopic (exact) mass is 395 g/mol. The second kappa shape index (κ2) is 9.48. The molecular weight excluding hydrogens is 373 g/mol. The van der Waals surface area contributed by atoms with E-state index in [9.17, 15) is 17.6 Å². The first-order chi connectivity index (χ1) is 12.9. The number of carbonyl (C=O) groups is 1. The van der Waals surface area contributed by atoms with E-state index in [1.54, 1.807) is 26.0 Å². The Morgan fingerprint density at radius 1 is 1.00 bits per heavy atom. The molecule has 0 amide bonds. The number of ether oxygens (including phenoxy) is 2. The highest BCUT2D eigenvalue weighted by molar-refractivity contribution is 7.89. The molecule has 0 bridgehead atoms. The molecule has 2 aromatic rings. The quantitative estimate of drug-likeness (QED) is 0.482. The number of hydrogen-bond donors (Lipinski definition) is 0. The van der Waals surface area contributed by atoms with Crippen LogP contribution in [0.15, 0.2) is 53.4 Å². The van der Waals surface area contributed by atoms with Crippen LogP contribution in [0.5, 0.6) is 5.75 Å². The highest BCUT2D eigenvalue weighted by Gasteiger charge is 2.21. The molecule has 146 valence electrons. The molecule has 0 saturated carbocycles. The third-order valence-corrected chi connectivity index (χ3v) is 5.91. The molecular formula is C19H22FNO5S. The number of carbonyl (C=O) groups excluding carboxylic acids is 1. The molecule has 0 aliphatic rings. The Hall–Kier alpha value is -2.45. The van der Waals surface area contributed by atoms with Gasteiger partial charge in [0, 0.05) is 13.1 Å². The van der Waals surface area contributed by atoms with Crippen LogP contribution in [0.4, 0.5) is 4.39 Å². The summed E-state index contributed by atoms with van der Waals surface area (Å²) >= 11 is 0. The highest BCUT2D eigenvalue weighted by atomic mass is 32.2. The Bertz CT molecular complexity index is 864. The van der Waals surface area contributed by atoms with Crippen LogP contribution in [0.1, 0.15) is 24.2 Å². The van der Waals surface area contributed by atoms with E-state index in [0.717, 1.165) is 0 Å². The summed E-state index contributed by atoms with van der Waals surface area (Å²) < 4.78 is 49.8. The zero-order valence-electron chi connectivity index (χ0n) is 15.2. The summed E-state index contributed by atoms with van der Waals surface area (Å²) in [5.74, 6) is -1.02. The number of halogens is 1. The van der Waals surface area contributed by atoms with Crippen molar-refractivity contribution in [3.63, 3.8) is 0 Å². The normalized spacial score (nSPS) is 11.4. The van der Waals surface area contributed by atoms with Crippen molar-refractivity contribution in [1.82, 2.24) is 4.31 Å². The van der Waals surface area contributed by atoms with Crippen LogP contribution >= 0.6 is 0 Å². The summed E-state index contributed by atoms with van der Waals surface area (Å²) in [7, 11) is -3.57. The van der Waals surface area contributed by atoms with Gasteiger partial charge in [-0.1, -0.05) is 26.0 Å². The first-order valence-corrected chi connectivity index (χ1v) is 9.98. The number of rotatable bonds is 9. The van der Waals surface area contributed by atoms with Crippen molar-refractivity contribution in [2.45, 2.75) is 18.7 Å². The Balaban J connectivity index is 1.91. The van der Waals surface area contributed by atoms with E-state index in [1.807, 2.05) is 0 Å². The van der Waals surface area contributed by atoms with Crippen molar-refractivity contribution in [1.29, 1.82) is 0 Å². The second-order valence-electron chi connectivity index (χ2n) is 5.53. The summed E-state index contributed by atoms with van der Waals surface area (Å²) in [6.45, 7) is 4.19. The fraction of sp³-hybridized carbons (Fsp3) is 0.316. The van der Waals surface area contributed by atoms with Crippen molar-refractivity contribution in [2.75, 3.05) is 26.3 Å². The summed E-state index contributed by atoms with van der Waals surface area (Å²) in [4.78, 5) is 12.1. The molecule has 0 unspecified atom stereocenters. The van der Waals surface area contributed by atoms with Gasteiger partial charge in [-0.05, 0) is 36.4 Å². The molecule has 2 rings (SSSR count). The number of nitrogens with zero attached hydrogens (tertiary/aromatic N) is 1. The molecule has 2 aromatic carbocycles. The first kappa shape index (κ1) is 20.9. The van der Waals surface area contributed by atoms with Crippen LogP contribution in [0.3, 0.4) is 0 Å². The lowest BCUT2D eigenvalue weighted by atomic mass is 10.2. The smallest absolute Gasteiger partial charge is 0.338 e. The second-order valence-corrected chi connectivity index (χ2v) is 7.47. The standard InChI is InChI=1S/C19H22FNO5S/c1-3-21(4-2)27(23,24)16-11-9-15(10-12-16)19(22)26-14-13-25-18-8-6-5-7-17(18)20/h5-12H,3-4,13-14H2,1-2H3. The van der Waals surface area contributed by atoms with Crippen LogP contribution < -0.4 is 4.74 Å². The molecule has 0 radical (unpaired) electrons. The summed E-state index contributed by atoms with van der Waals surface area (Å²) in [6.07, 6.45) is 0. The van der Waals surface area contributed by atoms with Crippen LogP contribution in [0.2, 0.25) is 0 Å². The Morgan fingerprint density at radius 3 is 2.22 bits per heavy atom. The van der Waals surface area contributed by atoms with E-state index in [4.69, 9.17) is 9.47 Å². The molecule has 8 heteroatoms. The largest absolute Gasteiger partial charge is 0.487 e. The van der Waals surface area contributed by atoms with E-state index >= 15 is 0 Å². The van der Waals surface area contributed by atoms with Gasteiger partial charge in [0.05, 0.1) is 10.5 Å². The predicted molar refractivity (Wildman–Crippen MR) is 98.7 cm³/mol. The first-order valence-electron chi connectivity index (χ1n) is 8.54. The molecule has 0 aliphatic carbocycles. The molecule has 0 aromatic heterocycles. The maximum atomic E-state index is 13.4. The highest BCUT2D eigenvalue weighted by Crippen LogP contribution is 2.17. The zero-order valence-corrected chi connectivity index (χ0v) is 16.0. The Kier molecular flexibility index (Phi) is 7.32. The molecule has 0 N–H and O–H groups in total. The van der Waals surface area contributed by atoms with Gasteiger partial charge in [-0.25, -0.2) is 17.6 Å². The number of benzene rings is 2. The summed E-state index contributed by atoms with van der Waals surface area (Å²) in [6, 6.07) is 11.5. The average Bonchev–Trinajstić information content (AvgIpc) is 2.67. The van der Waals surface area contributed by atoms with E-state index in [1.165, 1.54) is 40.7 Å². The van der Waals surface area contributed by atoms with Crippen LogP contribution in [0.25, 0.3) is 0 Å². The van der Waals surface area contributed by atoms with E-state index in [0.29, 0.717) is 13.1 Å². The lowest BCUT2D eigenvalue weighted by molar-refractivity contribution is 0.0448. The van der Waals surface area contributed by atoms with Crippen molar-refractivity contribution >= 4 is 16.0 Å². The number of sulfonamides is 1. The van der Waals surface area contributed by atoms with Gasteiger partial charge >= 0.3 is 5.97 Å². The van der Waals surface area contributed by atoms with Crippen LogP contribution in [-0.4, -0.2) is 45.0 Å². The van der Waals surface area contributed by atoms with Crippen LogP contribution in [0, 0.1) is 5.82 Å². The van der Waals surface area contributed by atoms with E-state index in [-0.39, 0.29) is 29.4 Å². The van der Waals surface area contributed by atoms with Gasteiger partial charge in [-0.2, -0.15) is 4.31 Å². The SMILES string of the molecule is CCN(CC)S(=O)(=O)c1ccc(C(=O)OCCOc2ccccc2F)cc1. The van der Waals surface area contributed by atoms with Gasteiger partial charge < -0.3 is 9.47 Å². The van der Waals surface area contributed by atoms with Gasteiger partial charge in [0.25, 0.3) is 0 Å².